The number of oxazole rings is 1. The van der Waals surface area contributed by atoms with Crippen LogP contribution in [0, 0.1) is 0 Å². The van der Waals surface area contributed by atoms with Crippen molar-refractivity contribution in [3.63, 3.8) is 0 Å². The van der Waals surface area contributed by atoms with Crippen LogP contribution in [0.1, 0.15) is 18.2 Å². The Labute approximate surface area is 201 Å². The molecule has 0 fully saturated rings. The van der Waals surface area contributed by atoms with E-state index in [1.165, 1.54) is 0 Å². The number of nitrogens with zero attached hydrogens (tertiary/aromatic N) is 2. The third kappa shape index (κ3) is 3.51. The summed E-state index contributed by atoms with van der Waals surface area (Å²) in [6, 6.07) is 24.5. The maximum absolute atomic E-state index is 6.12. The van der Waals surface area contributed by atoms with E-state index in [1.807, 2.05) is 54.7 Å². The molecule has 0 aliphatic carbocycles. The molecule has 34 heavy (non-hydrogen) atoms. The average Bonchev–Trinajstić information content (AvgIpc) is 3.57. The summed E-state index contributed by atoms with van der Waals surface area (Å²) in [5.74, 6) is 0. The summed E-state index contributed by atoms with van der Waals surface area (Å²) in [4.78, 5) is 16.3. The molecule has 0 radical (unpaired) electrons. The standard InChI is InChI=1S/C28H21ClN4O/c1-2-22-21(19-7-3-5-9-23(19)31-22)15-30-28-33-25(16-34-28)26-20-8-4-6-10-24(20)32-27(26)17-11-13-18(29)14-12-17/h3-16,31-32H,2H2,1H3/b30-15+. The first-order chi connectivity index (χ1) is 16.7. The highest BCUT2D eigenvalue weighted by Gasteiger charge is 2.18. The molecule has 6 rings (SSSR count). The topological polar surface area (TPSA) is 70.0 Å². The van der Waals surface area contributed by atoms with Crippen LogP contribution in [0.4, 0.5) is 6.01 Å². The molecule has 0 amide bonds. The highest BCUT2D eigenvalue weighted by molar-refractivity contribution is 6.30. The van der Waals surface area contributed by atoms with Gasteiger partial charge in [-0.05, 0) is 36.2 Å². The van der Waals surface area contributed by atoms with Crippen molar-refractivity contribution in [1.29, 1.82) is 0 Å². The highest BCUT2D eigenvalue weighted by atomic mass is 35.5. The lowest BCUT2D eigenvalue weighted by Gasteiger charge is -2.02. The normalized spacial score (nSPS) is 11.8. The Hall–Kier alpha value is -4.09. The molecule has 0 spiro atoms. The lowest BCUT2D eigenvalue weighted by molar-refractivity contribution is 0.570. The van der Waals surface area contributed by atoms with Gasteiger partial charge in [-0.2, -0.15) is 4.98 Å². The molecule has 6 aromatic rings. The van der Waals surface area contributed by atoms with Crippen LogP contribution in [0.2, 0.25) is 5.02 Å². The molecule has 5 nitrogen and oxygen atoms in total. The first-order valence-corrected chi connectivity index (χ1v) is 11.5. The second-order valence-electron chi connectivity index (χ2n) is 8.12. The number of aromatic nitrogens is 3. The van der Waals surface area contributed by atoms with Crippen molar-refractivity contribution in [2.45, 2.75) is 13.3 Å². The smallest absolute Gasteiger partial charge is 0.322 e. The van der Waals surface area contributed by atoms with Gasteiger partial charge in [0.1, 0.15) is 12.0 Å². The Morgan fingerprint density at radius 2 is 1.62 bits per heavy atom. The van der Waals surface area contributed by atoms with E-state index in [4.69, 9.17) is 21.0 Å². The minimum atomic E-state index is 0.315. The molecule has 0 aliphatic rings. The molecule has 3 aromatic carbocycles. The molecule has 2 N–H and O–H groups in total. The van der Waals surface area contributed by atoms with Crippen molar-refractivity contribution in [2.24, 2.45) is 4.99 Å². The molecule has 0 unspecified atom stereocenters. The molecule has 3 heterocycles. The second-order valence-corrected chi connectivity index (χ2v) is 8.55. The zero-order chi connectivity index (χ0) is 23.1. The van der Waals surface area contributed by atoms with Crippen molar-refractivity contribution >= 4 is 45.6 Å². The number of halogens is 1. The van der Waals surface area contributed by atoms with E-state index in [1.54, 1.807) is 6.26 Å². The molecule has 0 bridgehead atoms. The predicted molar refractivity (Wildman–Crippen MR) is 139 cm³/mol. The quantitative estimate of drug-likeness (QED) is 0.254. The molecule has 0 atom stereocenters. The number of aliphatic imine (C=N–C) groups is 1. The summed E-state index contributed by atoms with van der Waals surface area (Å²) in [7, 11) is 0. The number of hydrogen-bond acceptors (Lipinski definition) is 3. The maximum Gasteiger partial charge on any atom is 0.322 e. The zero-order valence-electron chi connectivity index (χ0n) is 18.5. The number of nitrogens with one attached hydrogen (secondary N) is 2. The van der Waals surface area contributed by atoms with E-state index in [-0.39, 0.29) is 0 Å². The van der Waals surface area contributed by atoms with Gasteiger partial charge in [-0.25, -0.2) is 4.99 Å². The van der Waals surface area contributed by atoms with Crippen molar-refractivity contribution in [2.75, 3.05) is 0 Å². The number of rotatable bonds is 5. The molecular weight excluding hydrogens is 444 g/mol. The van der Waals surface area contributed by atoms with Crippen LogP contribution < -0.4 is 0 Å². The van der Waals surface area contributed by atoms with E-state index in [0.717, 1.165) is 62.0 Å². The van der Waals surface area contributed by atoms with Gasteiger partial charge in [-0.1, -0.05) is 67.1 Å². The van der Waals surface area contributed by atoms with Gasteiger partial charge in [0.2, 0.25) is 0 Å². The Bertz CT molecular complexity index is 1650. The van der Waals surface area contributed by atoms with E-state index in [9.17, 15) is 0 Å². The Kier molecular flexibility index (Phi) is 5.04. The number of para-hydroxylation sites is 2. The van der Waals surface area contributed by atoms with Crippen LogP contribution in [-0.2, 0) is 6.42 Å². The van der Waals surface area contributed by atoms with Gasteiger partial charge >= 0.3 is 6.01 Å². The van der Waals surface area contributed by atoms with Crippen molar-refractivity contribution in [3.8, 4) is 22.5 Å². The van der Waals surface area contributed by atoms with Crippen LogP contribution in [0.5, 0.6) is 0 Å². The van der Waals surface area contributed by atoms with Crippen LogP contribution in [0.25, 0.3) is 44.3 Å². The summed E-state index contributed by atoms with van der Waals surface area (Å²) >= 11 is 6.12. The third-order valence-electron chi connectivity index (χ3n) is 6.07. The maximum atomic E-state index is 6.12. The molecular formula is C28H21ClN4O. The number of H-pyrrole nitrogens is 2. The van der Waals surface area contributed by atoms with Crippen LogP contribution in [0.15, 0.2) is 88.5 Å². The van der Waals surface area contributed by atoms with Crippen molar-refractivity contribution in [1.82, 2.24) is 15.0 Å². The van der Waals surface area contributed by atoms with E-state index in [2.05, 4.69) is 46.1 Å². The van der Waals surface area contributed by atoms with E-state index < -0.39 is 0 Å². The Morgan fingerprint density at radius 3 is 2.38 bits per heavy atom. The van der Waals surface area contributed by atoms with Gasteiger partial charge in [0.15, 0.2) is 0 Å². The fourth-order valence-electron chi connectivity index (χ4n) is 4.44. The fraction of sp³-hybridized carbons (Fsp3) is 0.0714. The monoisotopic (exact) mass is 464 g/mol. The van der Waals surface area contributed by atoms with Crippen molar-refractivity contribution < 1.29 is 4.42 Å². The number of hydrogen-bond donors (Lipinski definition) is 2. The average molecular weight is 465 g/mol. The minimum absolute atomic E-state index is 0.315. The largest absolute Gasteiger partial charge is 0.430 e. The van der Waals surface area contributed by atoms with Crippen LogP contribution in [-0.4, -0.2) is 21.2 Å². The van der Waals surface area contributed by atoms with Gasteiger partial charge in [0, 0.05) is 49.9 Å². The van der Waals surface area contributed by atoms with Crippen LogP contribution in [0.3, 0.4) is 0 Å². The fourth-order valence-corrected chi connectivity index (χ4v) is 4.57. The van der Waals surface area contributed by atoms with Gasteiger partial charge in [0.05, 0.1) is 5.69 Å². The first kappa shape index (κ1) is 20.5. The van der Waals surface area contributed by atoms with Gasteiger partial charge in [-0.3, -0.25) is 0 Å². The van der Waals surface area contributed by atoms with Gasteiger partial charge in [0.25, 0.3) is 0 Å². The summed E-state index contributed by atoms with van der Waals surface area (Å²) < 4.78 is 5.78. The Morgan fingerprint density at radius 1 is 0.912 bits per heavy atom. The zero-order valence-corrected chi connectivity index (χ0v) is 19.2. The number of benzene rings is 3. The number of aryl methyl sites for hydroxylation is 1. The number of aromatic amines is 2. The molecule has 0 aliphatic heterocycles. The predicted octanol–water partition coefficient (Wildman–Crippen LogP) is 7.94. The summed E-state index contributed by atoms with van der Waals surface area (Å²) in [5, 5.41) is 2.90. The summed E-state index contributed by atoms with van der Waals surface area (Å²) in [6.07, 6.45) is 4.38. The molecule has 0 saturated carbocycles. The lowest BCUT2D eigenvalue weighted by Crippen LogP contribution is -1.87. The van der Waals surface area contributed by atoms with E-state index in [0.29, 0.717) is 11.0 Å². The van der Waals surface area contributed by atoms with E-state index >= 15 is 0 Å². The van der Waals surface area contributed by atoms with Crippen LogP contribution >= 0.6 is 11.6 Å². The SMILES string of the molecule is CCc1[nH]c2ccccc2c1/C=N/c1nc(-c2c(-c3ccc(Cl)cc3)[nH]c3ccccc23)co1. The molecule has 3 aromatic heterocycles. The number of fused-ring (bicyclic) bond motifs is 2. The van der Waals surface area contributed by atoms with Gasteiger partial charge in [-0.15, -0.1) is 0 Å². The lowest BCUT2D eigenvalue weighted by atomic mass is 10.0. The third-order valence-corrected chi connectivity index (χ3v) is 6.32. The second kappa shape index (κ2) is 8.36. The molecule has 6 heteroatoms. The Balaban J connectivity index is 1.43. The first-order valence-electron chi connectivity index (χ1n) is 11.2. The van der Waals surface area contributed by atoms with Gasteiger partial charge < -0.3 is 14.4 Å². The van der Waals surface area contributed by atoms with Crippen molar-refractivity contribution in [3.05, 3.63) is 95.3 Å². The summed E-state index contributed by atoms with van der Waals surface area (Å²) in [6.45, 7) is 2.13. The highest BCUT2D eigenvalue weighted by Crippen LogP contribution is 2.38. The minimum Gasteiger partial charge on any atom is -0.430 e. The molecule has 0 saturated heterocycles. The summed E-state index contributed by atoms with van der Waals surface area (Å²) in [5.41, 5.74) is 8.02. The molecule has 166 valence electrons.